The van der Waals surface area contributed by atoms with E-state index in [-0.39, 0.29) is 16.9 Å². The van der Waals surface area contributed by atoms with E-state index in [0.29, 0.717) is 36.6 Å². The van der Waals surface area contributed by atoms with Gasteiger partial charge in [-0.05, 0) is 55.8 Å². The fraction of sp³-hybridized carbons (Fsp3) is 0.448. The number of ketones is 1. The largest absolute Gasteiger partial charge is 0.507 e. The minimum atomic E-state index is -0.779. The fourth-order valence-corrected chi connectivity index (χ4v) is 4.43. The average Bonchev–Trinajstić information content (AvgIpc) is 3.13. The smallest absolute Gasteiger partial charge is 0.295 e. The predicted molar refractivity (Wildman–Crippen MR) is 139 cm³/mol. The zero-order valence-corrected chi connectivity index (χ0v) is 21.7. The summed E-state index contributed by atoms with van der Waals surface area (Å²) in [7, 11) is 0. The highest BCUT2D eigenvalue weighted by Gasteiger charge is 2.46. The van der Waals surface area contributed by atoms with Crippen LogP contribution in [0.25, 0.3) is 5.76 Å². The third kappa shape index (κ3) is 6.13. The molecule has 0 spiro atoms. The molecule has 1 amide bonds. The van der Waals surface area contributed by atoms with E-state index in [1.54, 1.807) is 19.1 Å². The van der Waals surface area contributed by atoms with Crippen LogP contribution >= 0.6 is 0 Å². The zero-order chi connectivity index (χ0) is 26.2. The van der Waals surface area contributed by atoms with Crippen molar-refractivity contribution in [3.8, 4) is 5.75 Å². The minimum Gasteiger partial charge on any atom is -0.507 e. The molecule has 0 unspecified atom stereocenters. The van der Waals surface area contributed by atoms with E-state index in [1.807, 2.05) is 38.1 Å². The summed E-state index contributed by atoms with van der Waals surface area (Å²) in [6.45, 7) is 11.0. The number of aliphatic hydroxyl groups is 1. The van der Waals surface area contributed by atoms with Gasteiger partial charge in [0, 0.05) is 18.7 Å². The van der Waals surface area contributed by atoms with E-state index in [9.17, 15) is 19.1 Å². The summed E-state index contributed by atoms with van der Waals surface area (Å²) in [5.74, 6) is -1.59. The summed E-state index contributed by atoms with van der Waals surface area (Å²) in [6.07, 6.45) is 3.18. The van der Waals surface area contributed by atoms with Crippen molar-refractivity contribution in [1.82, 2.24) is 9.80 Å². The molecule has 1 saturated heterocycles. The number of aryl methyl sites for hydroxylation is 1. The molecule has 0 aromatic heterocycles. The second-order valence-electron chi connectivity index (χ2n) is 9.11. The molecule has 3 rings (SSSR count). The Morgan fingerprint density at radius 1 is 1.06 bits per heavy atom. The Hall–Kier alpha value is -3.19. The molecule has 1 aliphatic rings. The maximum Gasteiger partial charge on any atom is 0.295 e. The number of halogens is 1. The van der Waals surface area contributed by atoms with Crippen molar-refractivity contribution < 1.29 is 23.8 Å². The lowest BCUT2D eigenvalue weighted by molar-refractivity contribution is -0.140. The summed E-state index contributed by atoms with van der Waals surface area (Å²) in [4.78, 5) is 30.0. The predicted octanol–water partition coefficient (Wildman–Crippen LogP) is 5.47. The van der Waals surface area contributed by atoms with E-state index >= 15 is 0 Å². The number of likely N-dealkylation sites (N-methyl/N-ethyl adjacent to an activating group) is 1. The molecule has 1 atom stereocenters. The normalized spacial score (nSPS) is 17.3. The van der Waals surface area contributed by atoms with Crippen molar-refractivity contribution in [1.29, 1.82) is 0 Å². The standard InChI is InChI=1S/C29H37FN2O4/c1-5-8-9-18-36-23-14-12-21(13-15-23)26-25(27(33)22-11-10-20(4)24(30)19-22)28(34)29(35)32(26)17-16-31(6-2)7-3/h10-15,19,26,33H,5-9,16-18H2,1-4H3/t26-/m1/s1. The molecule has 194 valence electrons. The molecule has 0 bridgehead atoms. The third-order valence-corrected chi connectivity index (χ3v) is 6.75. The number of benzene rings is 2. The molecule has 2 aromatic carbocycles. The highest BCUT2D eigenvalue weighted by Crippen LogP contribution is 2.39. The number of carbonyl (C=O) groups excluding carboxylic acids is 2. The van der Waals surface area contributed by atoms with Crippen LogP contribution in [-0.4, -0.2) is 59.4 Å². The fourth-order valence-electron chi connectivity index (χ4n) is 4.43. The maximum atomic E-state index is 14.3. The van der Waals surface area contributed by atoms with E-state index in [2.05, 4.69) is 11.8 Å². The Balaban J connectivity index is 2.00. The SMILES string of the molecule is CCCCCOc1ccc([C@@H]2C(=C(O)c3ccc(C)c(F)c3)C(=O)C(=O)N2CCN(CC)CC)cc1. The quantitative estimate of drug-likeness (QED) is 0.183. The van der Waals surface area contributed by atoms with Crippen molar-refractivity contribution >= 4 is 17.4 Å². The van der Waals surface area contributed by atoms with Gasteiger partial charge >= 0.3 is 0 Å². The highest BCUT2D eigenvalue weighted by molar-refractivity contribution is 6.46. The van der Waals surface area contributed by atoms with Crippen LogP contribution < -0.4 is 4.74 Å². The monoisotopic (exact) mass is 496 g/mol. The molecule has 2 aromatic rings. The van der Waals surface area contributed by atoms with Crippen LogP contribution in [0, 0.1) is 12.7 Å². The Bertz CT molecular complexity index is 1090. The number of Topliss-reactive ketones (excluding diaryl/α,β-unsaturated/α-hetero) is 1. The summed E-state index contributed by atoms with van der Waals surface area (Å²) >= 11 is 0. The first kappa shape index (κ1) is 27.4. The number of aliphatic hydroxyl groups excluding tert-OH is 1. The van der Waals surface area contributed by atoms with Crippen LogP contribution in [-0.2, 0) is 9.59 Å². The lowest BCUT2D eigenvalue weighted by atomic mass is 9.95. The third-order valence-electron chi connectivity index (χ3n) is 6.75. The van der Waals surface area contributed by atoms with Gasteiger partial charge in [-0.3, -0.25) is 9.59 Å². The molecule has 6 nitrogen and oxygen atoms in total. The van der Waals surface area contributed by atoms with Gasteiger partial charge in [-0.15, -0.1) is 0 Å². The van der Waals surface area contributed by atoms with Crippen molar-refractivity contribution in [3.63, 3.8) is 0 Å². The van der Waals surface area contributed by atoms with Gasteiger partial charge in [0.05, 0.1) is 18.2 Å². The summed E-state index contributed by atoms with van der Waals surface area (Å²) in [5.41, 5.74) is 1.25. The van der Waals surface area contributed by atoms with Gasteiger partial charge in [-0.25, -0.2) is 4.39 Å². The Morgan fingerprint density at radius 2 is 1.75 bits per heavy atom. The van der Waals surface area contributed by atoms with Gasteiger partial charge in [0.15, 0.2) is 0 Å². The number of nitrogens with zero attached hydrogens (tertiary/aromatic N) is 2. The van der Waals surface area contributed by atoms with Crippen molar-refractivity contribution in [2.45, 2.75) is 53.0 Å². The summed E-state index contributed by atoms with van der Waals surface area (Å²) in [5, 5.41) is 11.1. The molecule has 1 N–H and O–H groups in total. The second-order valence-corrected chi connectivity index (χ2v) is 9.11. The van der Waals surface area contributed by atoms with Crippen LogP contribution in [0.5, 0.6) is 5.75 Å². The molecule has 7 heteroatoms. The number of unbranched alkanes of at least 4 members (excludes halogenated alkanes) is 2. The van der Waals surface area contributed by atoms with Crippen LogP contribution in [0.4, 0.5) is 4.39 Å². The number of ether oxygens (including phenoxy) is 1. The topological polar surface area (TPSA) is 70.1 Å². The van der Waals surface area contributed by atoms with Crippen molar-refractivity contribution in [2.75, 3.05) is 32.8 Å². The lowest BCUT2D eigenvalue weighted by Crippen LogP contribution is -2.38. The van der Waals surface area contributed by atoms with E-state index in [4.69, 9.17) is 4.74 Å². The van der Waals surface area contributed by atoms with Gasteiger partial charge in [0.25, 0.3) is 11.7 Å². The molecule has 36 heavy (non-hydrogen) atoms. The summed E-state index contributed by atoms with van der Waals surface area (Å²) < 4.78 is 20.1. The van der Waals surface area contributed by atoms with Gasteiger partial charge in [-0.2, -0.15) is 0 Å². The molecule has 0 aliphatic carbocycles. The van der Waals surface area contributed by atoms with Crippen LogP contribution in [0.2, 0.25) is 0 Å². The Kier molecular flexibility index (Phi) is 9.65. The summed E-state index contributed by atoms with van der Waals surface area (Å²) in [6, 6.07) is 10.8. The molecular weight excluding hydrogens is 459 g/mol. The van der Waals surface area contributed by atoms with Gasteiger partial charge in [0.2, 0.25) is 0 Å². The molecular formula is C29H37FN2O4. The number of rotatable bonds is 12. The van der Waals surface area contributed by atoms with E-state index in [1.165, 1.54) is 11.0 Å². The zero-order valence-electron chi connectivity index (χ0n) is 21.7. The second kappa shape index (κ2) is 12.7. The Labute approximate surface area is 213 Å². The van der Waals surface area contributed by atoms with Crippen molar-refractivity contribution in [3.05, 3.63) is 70.5 Å². The number of likely N-dealkylation sites (tertiary alicyclic amines) is 1. The van der Waals surface area contributed by atoms with Gasteiger partial charge in [-0.1, -0.05) is 57.9 Å². The number of amides is 1. The Morgan fingerprint density at radius 3 is 2.36 bits per heavy atom. The number of hydrogen-bond donors (Lipinski definition) is 1. The van der Waals surface area contributed by atoms with Gasteiger partial charge in [0.1, 0.15) is 17.3 Å². The number of hydrogen-bond acceptors (Lipinski definition) is 5. The number of carbonyl (C=O) groups is 2. The van der Waals surface area contributed by atoms with Crippen LogP contribution in [0.1, 0.15) is 62.8 Å². The molecule has 1 aliphatic heterocycles. The minimum absolute atomic E-state index is 0.0283. The molecule has 1 fully saturated rings. The van der Waals surface area contributed by atoms with Crippen molar-refractivity contribution in [2.24, 2.45) is 0 Å². The maximum absolute atomic E-state index is 14.3. The molecule has 0 radical (unpaired) electrons. The molecule has 1 heterocycles. The van der Waals surface area contributed by atoms with E-state index < -0.39 is 23.5 Å². The van der Waals surface area contributed by atoms with Crippen LogP contribution in [0.3, 0.4) is 0 Å². The lowest BCUT2D eigenvalue weighted by Gasteiger charge is -2.28. The highest BCUT2D eigenvalue weighted by atomic mass is 19.1. The first-order chi connectivity index (χ1) is 17.3. The average molecular weight is 497 g/mol. The van der Waals surface area contributed by atoms with E-state index in [0.717, 1.165) is 32.4 Å². The first-order valence-electron chi connectivity index (χ1n) is 12.8. The molecule has 0 saturated carbocycles. The van der Waals surface area contributed by atoms with Crippen LogP contribution in [0.15, 0.2) is 48.0 Å². The van der Waals surface area contributed by atoms with Gasteiger partial charge < -0.3 is 19.6 Å². The first-order valence-corrected chi connectivity index (χ1v) is 12.8.